The van der Waals surface area contributed by atoms with E-state index in [-0.39, 0.29) is 5.54 Å². The average molecular weight is 316 g/mol. The SMILES string of the molecule is Cc1nn(C(C)CCCNC(C)(C)C)c(C)c1Br. The molecule has 1 rings (SSSR count). The van der Waals surface area contributed by atoms with E-state index >= 15 is 0 Å². The predicted octanol–water partition coefficient (Wildman–Crippen LogP) is 3.99. The van der Waals surface area contributed by atoms with Crippen LogP contribution in [0.25, 0.3) is 0 Å². The number of aryl methyl sites for hydroxylation is 1. The first-order valence-electron chi connectivity index (χ1n) is 6.68. The van der Waals surface area contributed by atoms with Gasteiger partial charge in [-0.3, -0.25) is 4.68 Å². The lowest BCUT2D eigenvalue weighted by molar-refractivity contribution is 0.387. The molecule has 18 heavy (non-hydrogen) atoms. The first kappa shape index (κ1) is 15.7. The molecule has 0 amide bonds. The number of rotatable bonds is 5. The van der Waals surface area contributed by atoms with Gasteiger partial charge in [-0.15, -0.1) is 0 Å². The van der Waals surface area contributed by atoms with Crippen LogP contribution in [0.3, 0.4) is 0 Å². The maximum Gasteiger partial charge on any atom is 0.0738 e. The summed E-state index contributed by atoms with van der Waals surface area (Å²) < 4.78 is 3.28. The van der Waals surface area contributed by atoms with Crippen molar-refractivity contribution in [3.63, 3.8) is 0 Å². The Labute approximate surface area is 119 Å². The number of nitrogens with one attached hydrogen (secondary N) is 1. The van der Waals surface area contributed by atoms with Gasteiger partial charge in [0.15, 0.2) is 0 Å². The van der Waals surface area contributed by atoms with Crippen LogP contribution < -0.4 is 5.32 Å². The molecule has 1 unspecified atom stereocenters. The van der Waals surface area contributed by atoms with Gasteiger partial charge in [0.25, 0.3) is 0 Å². The molecule has 0 bridgehead atoms. The summed E-state index contributed by atoms with van der Waals surface area (Å²) in [4.78, 5) is 0. The molecule has 1 N–H and O–H groups in total. The summed E-state index contributed by atoms with van der Waals surface area (Å²) in [5, 5.41) is 8.11. The topological polar surface area (TPSA) is 29.9 Å². The Balaban J connectivity index is 2.46. The highest BCUT2D eigenvalue weighted by Crippen LogP contribution is 2.24. The minimum atomic E-state index is 0.213. The van der Waals surface area contributed by atoms with Crippen LogP contribution >= 0.6 is 15.9 Å². The molecule has 0 spiro atoms. The normalized spacial score (nSPS) is 13.9. The van der Waals surface area contributed by atoms with Gasteiger partial charge in [-0.25, -0.2) is 0 Å². The molecule has 0 saturated carbocycles. The third-order valence-corrected chi connectivity index (χ3v) is 4.26. The molecule has 4 heteroatoms. The van der Waals surface area contributed by atoms with Crippen LogP contribution in [0, 0.1) is 13.8 Å². The highest BCUT2D eigenvalue weighted by atomic mass is 79.9. The second-order valence-corrected chi connectivity index (χ2v) is 6.89. The van der Waals surface area contributed by atoms with Crippen LogP contribution in [0.5, 0.6) is 0 Å². The van der Waals surface area contributed by atoms with Gasteiger partial charge in [-0.1, -0.05) is 0 Å². The minimum absolute atomic E-state index is 0.213. The lowest BCUT2D eigenvalue weighted by atomic mass is 10.1. The second kappa shape index (κ2) is 6.20. The highest BCUT2D eigenvalue weighted by molar-refractivity contribution is 9.10. The summed E-state index contributed by atoms with van der Waals surface area (Å²) in [6.45, 7) is 14.1. The molecule has 1 heterocycles. The highest BCUT2D eigenvalue weighted by Gasteiger charge is 2.14. The van der Waals surface area contributed by atoms with Gasteiger partial charge in [-0.2, -0.15) is 5.10 Å². The fraction of sp³-hybridized carbons (Fsp3) is 0.786. The molecule has 0 aliphatic carbocycles. The molecule has 0 radical (unpaired) electrons. The smallest absolute Gasteiger partial charge is 0.0738 e. The third-order valence-electron chi connectivity index (χ3n) is 3.11. The predicted molar refractivity (Wildman–Crippen MR) is 81.1 cm³/mol. The summed E-state index contributed by atoms with van der Waals surface area (Å²) in [6, 6.07) is 0.455. The molecule has 1 atom stereocenters. The second-order valence-electron chi connectivity index (χ2n) is 6.10. The summed E-state index contributed by atoms with van der Waals surface area (Å²) in [7, 11) is 0. The Morgan fingerprint density at radius 2 is 1.94 bits per heavy atom. The van der Waals surface area contributed by atoms with Crippen molar-refractivity contribution in [3.05, 3.63) is 15.9 Å². The van der Waals surface area contributed by atoms with E-state index in [2.05, 4.69) is 65.6 Å². The summed E-state index contributed by atoms with van der Waals surface area (Å²) in [5.41, 5.74) is 2.51. The van der Waals surface area contributed by atoms with Crippen LogP contribution in [0.15, 0.2) is 4.47 Å². The maximum atomic E-state index is 4.59. The summed E-state index contributed by atoms with van der Waals surface area (Å²) in [6.07, 6.45) is 2.33. The van der Waals surface area contributed by atoms with Gasteiger partial charge in [0.1, 0.15) is 0 Å². The van der Waals surface area contributed by atoms with E-state index in [9.17, 15) is 0 Å². The van der Waals surface area contributed by atoms with Crippen LogP contribution in [0.4, 0.5) is 0 Å². The number of halogens is 1. The van der Waals surface area contributed by atoms with Gasteiger partial charge in [0, 0.05) is 11.6 Å². The van der Waals surface area contributed by atoms with E-state index < -0.39 is 0 Å². The number of nitrogens with zero attached hydrogens (tertiary/aromatic N) is 2. The van der Waals surface area contributed by atoms with Crippen molar-refractivity contribution in [2.45, 2.75) is 66.0 Å². The zero-order valence-corrected chi connectivity index (χ0v) is 14.1. The van der Waals surface area contributed by atoms with Crippen LogP contribution in [0.2, 0.25) is 0 Å². The third kappa shape index (κ3) is 4.39. The van der Waals surface area contributed by atoms with Crippen molar-refractivity contribution >= 4 is 15.9 Å². The zero-order chi connectivity index (χ0) is 13.9. The number of hydrogen-bond donors (Lipinski definition) is 1. The molecule has 1 aromatic rings. The minimum Gasteiger partial charge on any atom is -0.312 e. The van der Waals surface area contributed by atoms with Gasteiger partial charge in [-0.05, 0) is 76.9 Å². The zero-order valence-electron chi connectivity index (χ0n) is 12.5. The van der Waals surface area contributed by atoms with Crippen molar-refractivity contribution in [2.75, 3.05) is 6.54 Å². The van der Waals surface area contributed by atoms with Crippen molar-refractivity contribution < 1.29 is 0 Å². The quantitative estimate of drug-likeness (QED) is 0.832. The number of aromatic nitrogens is 2. The molecule has 0 aliphatic heterocycles. The monoisotopic (exact) mass is 315 g/mol. The molecule has 3 nitrogen and oxygen atoms in total. The summed E-state index contributed by atoms with van der Waals surface area (Å²) >= 11 is 3.58. The largest absolute Gasteiger partial charge is 0.312 e. The summed E-state index contributed by atoms with van der Waals surface area (Å²) in [5.74, 6) is 0. The molecule has 0 fully saturated rings. The van der Waals surface area contributed by atoms with Crippen molar-refractivity contribution in [3.8, 4) is 0 Å². The standard InChI is InChI=1S/C14H26BrN3/c1-10(8-7-9-16-14(4,5)6)18-12(3)13(15)11(2)17-18/h10,16H,7-9H2,1-6H3. The van der Waals surface area contributed by atoms with E-state index in [4.69, 9.17) is 0 Å². The van der Waals surface area contributed by atoms with E-state index in [1.165, 1.54) is 12.1 Å². The van der Waals surface area contributed by atoms with Gasteiger partial charge < -0.3 is 5.32 Å². The van der Waals surface area contributed by atoms with E-state index in [1.807, 2.05) is 6.92 Å². The Kier molecular flexibility index (Phi) is 5.41. The fourth-order valence-electron chi connectivity index (χ4n) is 2.06. The van der Waals surface area contributed by atoms with Gasteiger partial charge in [0.2, 0.25) is 0 Å². The van der Waals surface area contributed by atoms with Crippen LogP contribution in [-0.2, 0) is 0 Å². The van der Waals surface area contributed by atoms with Crippen LogP contribution in [-0.4, -0.2) is 21.9 Å². The van der Waals surface area contributed by atoms with E-state index in [0.717, 1.165) is 23.1 Å². The molecule has 104 valence electrons. The Morgan fingerprint density at radius 1 is 1.33 bits per heavy atom. The molecular weight excluding hydrogens is 290 g/mol. The Morgan fingerprint density at radius 3 is 2.39 bits per heavy atom. The molecule has 1 aromatic heterocycles. The molecule has 0 aliphatic rings. The fourth-order valence-corrected chi connectivity index (χ4v) is 2.32. The first-order chi connectivity index (χ1) is 8.22. The number of hydrogen-bond acceptors (Lipinski definition) is 2. The molecule has 0 aromatic carbocycles. The lowest BCUT2D eigenvalue weighted by Crippen LogP contribution is -2.36. The Hall–Kier alpha value is -0.350. The van der Waals surface area contributed by atoms with E-state index in [0.29, 0.717) is 6.04 Å². The first-order valence-corrected chi connectivity index (χ1v) is 7.48. The van der Waals surface area contributed by atoms with Crippen molar-refractivity contribution in [1.82, 2.24) is 15.1 Å². The van der Waals surface area contributed by atoms with Crippen molar-refractivity contribution in [1.29, 1.82) is 0 Å². The lowest BCUT2D eigenvalue weighted by Gasteiger charge is -2.21. The average Bonchev–Trinajstić information content (AvgIpc) is 2.51. The van der Waals surface area contributed by atoms with E-state index in [1.54, 1.807) is 0 Å². The van der Waals surface area contributed by atoms with Gasteiger partial charge >= 0.3 is 0 Å². The molecular formula is C14H26BrN3. The maximum absolute atomic E-state index is 4.59. The van der Waals surface area contributed by atoms with Crippen molar-refractivity contribution in [2.24, 2.45) is 0 Å². The van der Waals surface area contributed by atoms with Crippen LogP contribution in [0.1, 0.15) is 58.0 Å². The van der Waals surface area contributed by atoms with Gasteiger partial charge in [0.05, 0.1) is 15.9 Å². The molecule has 0 saturated heterocycles. The Bertz CT molecular complexity index is 390.